The third-order valence-electron chi connectivity index (χ3n) is 1.76. The van der Waals surface area contributed by atoms with Crippen molar-refractivity contribution < 1.29 is 4.79 Å². The molecule has 0 saturated carbocycles. The van der Waals surface area contributed by atoms with Gasteiger partial charge in [-0.1, -0.05) is 13.3 Å². The van der Waals surface area contributed by atoms with Crippen molar-refractivity contribution in [2.45, 2.75) is 19.8 Å². The van der Waals surface area contributed by atoms with E-state index in [0.29, 0.717) is 10.6 Å². The third kappa shape index (κ3) is 2.73. The fraction of sp³-hybridized carbons (Fsp3) is 0.444. The molecule has 0 atom stereocenters. The number of hydrogen-bond donors (Lipinski definition) is 2. The Kier molecular flexibility index (Phi) is 3.76. The molecule has 0 fully saturated rings. The number of unbranched alkanes of at least 4 members (excludes halogenated alkanes) is 1. The molecule has 1 rings (SSSR count). The van der Waals surface area contributed by atoms with Gasteiger partial charge in [-0.05, 0) is 17.9 Å². The van der Waals surface area contributed by atoms with Gasteiger partial charge in [0.15, 0.2) is 0 Å². The summed E-state index contributed by atoms with van der Waals surface area (Å²) in [7, 11) is 0. The van der Waals surface area contributed by atoms with E-state index in [0.717, 1.165) is 19.4 Å². The minimum atomic E-state index is -0.0628. The predicted octanol–water partition coefficient (Wildman–Crippen LogP) is 1.86. The van der Waals surface area contributed by atoms with Gasteiger partial charge in [0.05, 0.1) is 10.6 Å². The van der Waals surface area contributed by atoms with Gasteiger partial charge in [0.2, 0.25) is 0 Å². The molecule has 0 aliphatic rings. The van der Waals surface area contributed by atoms with E-state index in [2.05, 4.69) is 12.2 Å². The summed E-state index contributed by atoms with van der Waals surface area (Å²) in [5.41, 5.74) is 6.20. The Labute approximate surface area is 81.9 Å². The highest BCUT2D eigenvalue weighted by molar-refractivity contribution is 7.14. The summed E-state index contributed by atoms with van der Waals surface area (Å²) in [6.07, 6.45) is 2.09. The number of anilines is 1. The summed E-state index contributed by atoms with van der Waals surface area (Å²) < 4.78 is 0. The molecule has 0 spiro atoms. The molecule has 1 heterocycles. The minimum Gasteiger partial charge on any atom is -0.390 e. The first-order valence-corrected chi connectivity index (χ1v) is 5.24. The van der Waals surface area contributed by atoms with Gasteiger partial charge in [-0.25, -0.2) is 0 Å². The first kappa shape index (κ1) is 10.1. The average molecular weight is 198 g/mol. The van der Waals surface area contributed by atoms with Crippen LogP contribution in [0.3, 0.4) is 0 Å². The molecule has 0 aromatic carbocycles. The van der Waals surface area contributed by atoms with Crippen molar-refractivity contribution in [3.63, 3.8) is 0 Å². The van der Waals surface area contributed by atoms with E-state index < -0.39 is 0 Å². The monoisotopic (exact) mass is 198 g/mol. The van der Waals surface area contributed by atoms with Crippen LogP contribution < -0.4 is 11.1 Å². The molecule has 0 aliphatic heterocycles. The fourth-order valence-electron chi connectivity index (χ4n) is 0.982. The van der Waals surface area contributed by atoms with Crippen molar-refractivity contribution in [1.82, 2.24) is 5.32 Å². The van der Waals surface area contributed by atoms with Gasteiger partial charge in [-0.3, -0.25) is 4.79 Å². The SMILES string of the molecule is CCCCNC(=O)c1ccsc1N. The molecule has 3 N–H and O–H groups in total. The van der Waals surface area contributed by atoms with E-state index in [9.17, 15) is 4.79 Å². The lowest BCUT2D eigenvalue weighted by Crippen LogP contribution is -2.24. The average Bonchev–Trinajstić information content (AvgIpc) is 2.52. The van der Waals surface area contributed by atoms with Gasteiger partial charge in [0.25, 0.3) is 5.91 Å². The van der Waals surface area contributed by atoms with Crippen LogP contribution in [0.4, 0.5) is 5.00 Å². The van der Waals surface area contributed by atoms with E-state index in [-0.39, 0.29) is 5.91 Å². The Hall–Kier alpha value is -1.03. The van der Waals surface area contributed by atoms with Crippen LogP contribution in [0.1, 0.15) is 30.1 Å². The molecule has 0 bridgehead atoms. The highest BCUT2D eigenvalue weighted by Gasteiger charge is 2.08. The molecule has 0 aliphatic carbocycles. The third-order valence-corrected chi connectivity index (χ3v) is 2.50. The smallest absolute Gasteiger partial charge is 0.254 e. The Bertz CT molecular complexity index is 283. The van der Waals surface area contributed by atoms with Crippen molar-refractivity contribution in [3.8, 4) is 0 Å². The Morgan fingerprint density at radius 3 is 3.00 bits per heavy atom. The lowest BCUT2D eigenvalue weighted by Gasteiger charge is -2.02. The van der Waals surface area contributed by atoms with Gasteiger partial charge in [0, 0.05) is 6.54 Å². The second-order valence-electron chi connectivity index (χ2n) is 2.81. The van der Waals surface area contributed by atoms with Gasteiger partial charge < -0.3 is 11.1 Å². The summed E-state index contributed by atoms with van der Waals surface area (Å²) in [6, 6.07) is 1.75. The van der Waals surface area contributed by atoms with E-state index in [1.54, 1.807) is 6.07 Å². The number of nitrogens with one attached hydrogen (secondary N) is 1. The molecule has 13 heavy (non-hydrogen) atoms. The van der Waals surface area contributed by atoms with Crippen LogP contribution in [-0.2, 0) is 0 Å². The van der Waals surface area contributed by atoms with Crippen LogP contribution in [-0.4, -0.2) is 12.5 Å². The maximum Gasteiger partial charge on any atom is 0.254 e. The van der Waals surface area contributed by atoms with Crippen LogP contribution in [0.5, 0.6) is 0 Å². The van der Waals surface area contributed by atoms with Crippen LogP contribution >= 0.6 is 11.3 Å². The molecule has 72 valence electrons. The second kappa shape index (κ2) is 4.87. The molecule has 3 nitrogen and oxygen atoms in total. The molecule has 0 saturated heterocycles. The maximum atomic E-state index is 11.4. The largest absolute Gasteiger partial charge is 0.390 e. The number of nitrogens with two attached hydrogens (primary N) is 1. The zero-order chi connectivity index (χ0) is 9.68. The first-order chi connectivity index (χ1) is 6.25. The van der Waals surface area contributed by atoms with Gasteiger partial charge in [-0.2, -0.15) is 0 Å². The number of hydrogen-bond acceptors (Lipinski definition) is 3. The molecular formula is C9H14N2OS. The summed E-state index contributed by atoms with van der Waals surface area (Å²) in [4.78, 5) is 11.4. The second-order valence-corrected chi connectivity index (χ2v) is 3.76. The number of amides is 1. The first-order valence-electron chi connectivity index (χ1n) is 4.37. The topological polar surface area (TPSA) is 55.1 Å². The number of carbonyl (C=O) groups is 1. The molecule has 1 amide bonds. The summed E-state index contributed by atoms with van der Waals surface area (Å²) >= 11 is 1.39. The van der Waals surface area contributed by atoms with Crippen molar-refractivity contribution >= 4 is 22.2 Å². The van der Waals surface area contributed by atoms with E-state index in [1.807, 2.05) is 5.38 Å². The van der Waals surface area contributed by atoms with E-state index in [1.165, 1.54) is 11.3 Å². The van der Waals surface area contributed by atoms with E-state index in [4.69, 9.17) is 5.73 Å². The van der Waals surface area contributed by atoms with Crippen molar-refractivity contribution in [1.29, 1.82) is 0 Å². The standard InChI is InChI=1S/C9H14N2OS/c1-2-3-5-11-9(12)7-4-6-13-8(7)10/h4,6H,2-3,5,10H2,1H3,(H,11,12). The highest BCUT2D eigenvalue weighted by Crippen LogP contribution is 2.18. The van der Waals surface area contributed by atoms with Crippen LogP contribution in [0, 0.1) is 0 Å². The Morgan fingerprint density at radius 2 is 2.46 bits per heavy atom. The molecule has 4 heteroatoms. The van der Waals surface area contributed by atoms with Crippen molar-refractivity contribution in [3.05, 3.63) is 17.0 Å². The molecule has 0 radical (unpaired) electrons. The highest BCUT2D eigenvalue weighted by atomic mass is 32.1. The molecule has 1 aromatic heterocycles. The predicted molar refractivity (Wildman–Crippen MR) is 56.0 cm³/mol. The van der Waals surface area contributed by atoms with Crippen molar-refractivity contribution in [2.24, 2.45) is 0 Å². The minimum absolute atomic E-state index is 0.0628. The number of nitrogen functional groups attached to an aromatic ring is 1. The zero-order valence-corrected chi connectivity index (χ0v) is 8.49. The lowest BCUT2D eigenvalue weighted by molar-refractivity contribution is 0.0954. The van der Waals surface area contributed by atoms with Crippen LogP contribution in [0.2, 0.25) is 0 Å². The number of carbonyl (C=O) groups excluding carboxylic acids is 1. The van der Waals surface area contributed by atoms with E-state index >= 15 is 0 Å². The lowest BCUT2D eigenvalue weighted by atomic mass is 10.3. The number of thiophene rings is 1. The number of rotatable bonds is 4. The van der Waals surface area contributed by atoms with Crippen LogP contribution in [0.25, 0.3) is 0 Å². The molecule has 1 aromatic rings. The summed E-state index contributed by atoms with van der Waals surface area (Å²) in [6.45, 7) is 2.82. The van der Waals surface area contributed by atoms with Gasteiger partial charge in [-0.15, -0.1) is 11.3 Å². The zero-order valence-electron chi connectivity index (χ0n) is 7.67. The Balaban J connectivity index is 2.45. The van der Waals surface area contributed by atoms with Gasteiger partial charge >= 0.3 is 0 Å². The normalized spacial score (nSPS) is 9.92. The van der Waals surface area contributed by atoms with Gasteiger partial charge in [0.1, 0.15) is 0 Å². The maximum absolute atomic E-state index is 11.4. The molecule has 0 unspecified atom stereocenters. The molecular weight excluding hydrogens is 184 g/mol. The fourth-order valence-corrected chi connectivity index (χ4v) is 1.62. The summed E-state index contributed by atoms with van der Waals surface area (Å²) in [5, 5.41) is 5.23. The Morgan fingerprint density at radius 1 is 1.69 bits per heavy atom. The van der Waals surface area contributed by atoms with Crippen LogP contribution in [0.15, 0.2) is 11.4 Å². The van der Waals surface area contributed by atoms with Crippen molar-refractivity contribution in [2.75, 3.05) is 12.3 Å². The quantitative estimate of drug-likeness (QED) is 0.725. The summed E-state index contributed by atoms with van der Waals surface area (Å²) in [5.74, 6) is -0.0628.